The van der Waals surface area contributed by atoms with E-state index in [9.17, 15) is 18.0 Å². The highest BCUT2D eigenvalue weighted by Gasteiger charge is 2.35. The van der Waals surface area contributed by atoms with Crippen LogP contribution in [0.5, 0.6) is 0 Å². The molecule has 0 spiro atoms. The summed E-state index contributed by atoms with van der Waals surface area (Å²) in [5.41, 5.74) is -1.08. The predicted octanol–water partition coefficient (Wildman–Crippen LogP) is 1.86. The van der Waals surface area contributed by atoms with Gasteiger partial charge in [-0.05, 0) is 13.8 Å². The second kappa shape index (κ2) is 3.56. The van der Waals surface area contributed by atoms with Crippen molar-refractivity contribution in [2.45, 2.75) is 26.1 Å². The van der Waals surface area contributed by atoms with E-state index in [4.69, 9.17) is 5.11 Å². The van der Waals surface area contributed by atoms with Crippen molar-refractivity contribution >= 4 is 5.97 Å². The summed E-state index contributed by atoms with van der Waals surface area (Å²) in [7, 11) is 0. The van der Waals surface area contributed by atoms with Crippen LogP contribution in [0.25, 0.3) is 0 Å². The molecule has 1 N–H and O–H groups in total. The Kier molecular flexibility index (Phi) is 2.74. The minimum Gasteiger partial charge on any atom is -0.480 e. The van der Waals surface area contributed by atoms with Gasteiger partial charge < -0.3 is 9.67 Å². The van der Waals surface area contributed by atoms with Crippen molar-refractivity contribution in [1.29, 1.82) is 0 Å². The van der Waals surface area contributed by atoms with Gasteiger partial charge in [0.1, 0.15) is 11.9 Å². The van der Waals surface area contributed by atoms with Gasteiger partial charge in [0.05, 0.1) is 0 Å². The number of imidazole rings is 1. The van der Waals surface area contributed by atoms with E-state index in [1.807, 2.05) is 0 Å². The number of carboxylic acid groups (broad SMARTS) is 1. The first-order valence-corrected chi connectivity index (χ1v) is 4.09. The summed E-state index contributed by atoms with van der Waals surface area (Å²) in [5.74, 6) is -1.18. The zero-order valence-electron chi connectivity index (χ0n) is 8.04. The van der Waals surface area contributed by atoms with E-state index in [2.05, 4.69) is 4.98 Å². The highest BCUT2D eigenvalue weighted by atomic mass is 19.4. The third-order valence-electron chi connectivity index (χ3n) is 1.98. The number of hydrogen-bond donors (Lipinski definition) is 1. The smallest absolute Gasteiger partial charge is 0.434 e. The monoisotopic (exact) mass is 222 g/mol. The van der Waals surface area contributed by atoms with Crippen LogP contribution in [-0.2, 0) is 11.0 Å². The molecule has 0 amide bonds. The van der Waals surface area contributed by atoms with Gasteiger partial charge in [-0.3, -0.25) is 0 Å². The van der Waals surface area contributed by atoms with Gasteiger partial charge in [-0.2, -0.15) is 13.2 Å². The number of carboxylic acids is 1. The molecule has 1 aromatic rings. The largest absolute Gasteiger partial charge is 0.480 e. The lowest BCUT2D eigenvalue weighted by atomic mass is 10.3. The number of aliphatic carboxylic acids is 1. The van der Waals surface area contributed by atoms with Crippen molar-refractivity contribution in [1.82, 2.24) is 9.55 Å². The van der Waals surface area contributed by atoms with E-state index in [1.54, 1.807) is 0 Å². The average Bonchev–Trinajstić information content (AvgIpc) is 2.45. The summed E-state index contributed by atoms with van der Waals surface area (Å²) in [6.45, 7) is 2.62. The molecule has 0 radical (unpaired) electrons. The van der Waals surface area contributed by atoms with Gasteiger partial charge in [0, 0.05) is 6.20 Å². The van der Waals surface area contributed by atoms with Crippen LogP contribution < -0.4 is 0 Å². The van der Waals surface area contributed by atoms with Gasteiger partial charge in [-0.25, -0.2) is 9.78 Å². The first-order valence-electron chi connectivity index (χ1n) is 4.09. The molecule has 4 nitrogen and oxygen atoms in total. The average molecular weight is 222 g/mol. The molecule has 1 aromatic heterocycles. The van der Waals surface area contributed by atoms with Crippen LogP contribution in [0, 0.1) is 6.92 Å². The number of carbonyl (C=O) groups is 1. The summed E-state index contributed by atoms with van der Waals surface area (Å²) in [6.07, 6.45) is -3.84. The summed E-state index contributed by atoms with van der Waals surface area (Å²) >= 11 is 0. The van der Waals surface area contributed by atoms with E-state index in [-0.39, 0.29) is 5.82 Å². The minimum atomic E-state index is -4.55. The van der Waals surface area contributed by atoms with Gasteiger partial charge in [0.15, 0.2) is 5.69 Å². The summed E-state index contributed by atoms with van der Waals surface area (Å²) in [6, 6.07) is -1.06. The molecule has 0 bridgehead atoms. The summed E-state index contributed by atoms with van der Waals surface area (Å²) in [5, 5.41) is 8.64. The maximum absolute atomic E-state index is 12.2. The van der Waals surface area contributed by atoms with E-state index in [0.717, 1.165) is 4.57 Å². The molecule has 0 unspecified atom stereocenters. The molecule has 0 saturated heterocycles. The number of rotatable bonds is 2. The molecule has 0 saturated carbocycles. The molecule has 0 fully saturated rings. The fourth-order valence-electron chi connectivity index (χ4n) is 1.13. The zero-order valence-corrected chi connectivity index (χ0v) is 8.04. The first kappa shape index (κ1) is 11.5. The van der Waals surface area contributed by atoms with Gasteiger partial charge >= 0.3 is 12.1 Å². The Morgan fingerprint density at radius 2 is 2.13 bits per heavy atom. The van der Waals surface area contributed by atoms with Crippen LogP contribution in [0.3, 0.4) is 0 Å². The van der Waals surface area contributed by atoms with Gasteiger partial charge in [-0.1, -0.05) is 0 Å². The van der Waals surface area contributed by atoms with Crippen molar-refractivity contribution in [3.63, 3.8) is 0 Å². The van der Waals surface area contributed by atoms with Crippen LogP contribution in [-0.4, -0.2) is 20.6 Å². The van der Waals surface area contributed by atoms with Crippen molar-refractivity contribution in [2.24, 2.45) is 0 Å². The Labute approximate surface area is 83.3 Å². The molecule has 0 aromatic carbocycles. The maximum Gasteiger partial charge on any atom is 0.434 e. The molecule has 15 heavy (non-hydrogen) atoms. The predicted molar refractivity (Wildman–Crippen MR) is 44.3 cm³/mol. The number of alkyl halides is 3. The van der Waals surface area contributed by atoms with Gasteiger partial charge in [0.2, 0.25) is 0 Å². The Hall–Kier alpha value is -1.53. The fourth-order valence-corrected chi connectivity index (χ4v) is 1.13. The molecule has 1 heterocycles. The summed E-state index contributed by atoms with van der Waals surface area (Å²) < 4.78 is 37.6. The van der Waals surface area contributed by atoms with Crippen LogP contribution in [0.1, 0.15) is 24.5 Å². The van der Waals surface area contributed by atoms with Crippen LogP contribution in [0.4, 0.5) is 13.2 Å². The second-order valence-electron chi connectivity index (χ2n) is 3.09. The van der Waals surface area contributed by atoms with Gasteiger partial charge in [0.25, 0.3) is 0 Å². The molecule has 1 rings (SSSR count). The van der Waals surface area contributed by atoms with E-state index in [0.29, 0.717) is 6.20 Å². The van der Waals surface area contributed by atoms with Crippen LogP contribution >= 0.6 is 0 Å². The Balaban J connectivity index is 3.12. The molecule has 7 heteroatoms. The SMILES string of the molecule is Cc1nc(C(F)(F)F)cn1[C@@H](C)C(=O)O. The Bertz CT molecular complexity index is 384. The number of aromatic nitrogens is 2. The topological polar surface area (TPSA) is 55.1 Å². The minimum absolute atomic E-state index is 0.0252. The van der Waals surface area contributed by atoms with Gasteiger partial charge in [-0.15, -0.1) is 0 Å². The molecule has 84 valence electrons. The standard InChI is InChI=1S/C8H9F3N2O2/c1-4(7(14)15)13-3-6(8(9,10)11)12-5(13)2/h3-4H,1-2H3,(H,14,15)/t4-/m0/s1. The Morgan fingerprint density at radius 3 is 2.47 bits per heavy atom. The number of halogens is 3. The quantitative estimate of drug-likeness (QED) is 0.830. The van der Waals surface area contributed by atoms with Crippen molar-refractivity contribution in [3.8, 4) is 0 Å². The third kappa shape index (κ3) is 2.28. The van der Waals surface area contributed by atoms with Crippen LogP contribution in [0.2, 0.25) is 0 Å². The first-order chi connectivity index (χ1) is 6.73. The van der Waals surface area contributed by atoms with E-state index < -0.39 is 23.9 Å². The van der Waals surface area contributed by atoms with Crippen molar-refractivity contribution < 1.29 is 23.1 Å². The van der Waals surface area contributed by atoms with E-state index in [1.165, 1.54) is 13.8 Å². The third-order valence-corrected chi connectivity index (χ3v) is 1.98. The Morgan fingerprint density at radius 1 is 1.60 bits per heavy atom. The molecule has 0 aliphatic carbocycles. The number of nitrogens with zero attached hydrogens (tertiary/aromatic N) is 2. The normalized spacial score (nSPS) is 13.9. The highest BCUT2D eigenvalue weighted by Crippen LogP contribution is 2.29. The molecular weight excluding hydrogens is 213 g/mol. The molecule has 0 aliphatic rings. The molecular formula is C8H9F3N2O2. The lowest BCUT2D eigenvalue weighted by Gasteiger charge is -2.08. The number of aryl methyl sites for hydroxylation is 1. The summed E-state index contributed by atoms with van der Waals surface area (Å²) in [4.78, 5) is 13.8. The second-order valence-corrected chi connectivity index (χ2v) is 3.09. The fraction of sp³-hybridized carbons (Fsp3) is 0.500. The highest BCUT2D eigenvalue weighted by molar-refractivity contribution is 5.71. The molecule has 0 aliphatic heterocycles. The van der Waals surface area contributed by atoms with Crippen LogP contribution in [0.15, 0.2) is 6.20 Å². The maximum atomic E-state index is 12.2. The van der Waals surface area contributed by atoms with E-state index >= 15 is 0 Å². The van der Waals surface area contributed by atoms with Crippen molar-refractivity contribution in [3.05, 3.63) is 17.7 Å². The number of hydrogen-bond acceptors (Lipinski definition) is 2. The van der Waals surface area contributed by atoms with Crippen molar-refractivity contribution in [2.75, 3.05) is 0 Å². The zero-order chi connectivity index (χ0) is 11.8. The lowest BCUT2D eigenvalue weighted by Crippen LogP contribution is -2.16. The molecule has 1 atom stereocenters. The lowest BCUT2D eigenvalue weighted by molar-refractivity contribution is -0.142.